The number of aliphatic hydroxyl groups excluding tert-OH is 1. The number of fused-ring (bicyclic) bond motifs is 1. The maximum absolute atomic E-state index is 12.4. The van der Waals surface area contributed by atoms with E-state index in [1.165, 1.54) is 0 Å². The molecule has 116 valence electrons. The first-order chi connectivity index (χ1) is 10.4. The zero-order valence-corrected chi connectivity index (χ0v) is 13.4. The summed E-state index contributed by atoms with van der Waals surface area (Å²) in [7, 11) is 0. The van der Waals surface area contributed by atoms with Crippen molar-refractivity contribution < 1.29 is 9.90 Å². The highest BCUT2D eigenvalue weighted by Gasteiger charge is 2.26. The molecule has 1 aliphatic carbocycles. The van der Waals surface area contributed by atoms with Crippen molar-refractivity contribution in [3.63, 3.8) is 0 Å². The van der Waals surface area contributed by atoms with Gasteiger partial charge in [-0.15, -0.1) is 0 Å². The van der Waals surface area contributed by atoms with Crippen molar-refractivity contribution in [3.8, 4) is 0 Å². The van der Waals surface area contributed by atoms with Gasteiger partial charge in [-0.05, 0) is 36.6 Å². The zero-order chi connectivity index (χ0) is 15.9. The molecule has 0 aromatic heterocycles. The molecule has 0 spiro atoms. The number of carbonyl (C=O) groups is 1. The number of carbonyl (C=O) groups excluding carboxylic acids is 1. The van der Waals surface area contributed by atoms with Crippen LogP contribution in [0.5, 0.6) is 0 Å². The molecule has 22 heavy (non-hydrogen) atoms. The molecule has 0 unspecified atom stereocenters. The highest BCUT2D eigenvalue weighted by Crippen LogP contribution is 2.36. The molecule has 1 heterocycles. The normalized spacial score (nSPS) is 17.8. The van der Waals surface area contributed by atoms with Crippen molar-refractivity contribution >= 4 is 28.9 Å². The third-order valence-electron chi connectivity index (χ3n) is 4.23. The summed E-state index contributed by atoms with van der Waals surface area (Å²) in [5, 5.41) is 16.5. The lowest BCUT2D eigenvalue weighted by atomic mass is 9.85. The Morgan fingerprint density at radius 1 is 1.23 bits per heavy atom. The van der Waals surface area contributed by atoms with Crippen molar-refractivity contribution in [3.05, 3.63) is 46.1 Å². The quantitative estimate of drug-likeness (QED) is 0.782. The summed E-state index contributed by atoms with van der Waals surface area (Å²) in [6.07, 6.45) is 3.14. The monoisotopic (exact) mass is 318 g/mol. The van der Waals surface area contributed by atoms with E-state index in [-0.39, 0.29) is 17.9 Å². The molecule has 0 radical (unpaired) electrons. The third kappa shape index (κ3) is 2.64. The molecule has 0 fully saturated rings. The number of benzene rings is 1. The molecule has 5 heteroatoms. The van der Waals surface area contributed by atoms with E-state index in [0.717, 1.165) is 33.2 Å². The van der Waals surface area contributed by atoms with Crippen molar-refractivity contribution in [2.24, 2.45) is 0 Å². The number of hydrogen-bond acceptors (Lipinski definition) is 3. The molecular formula is C17H19ClN2O2. The Hall–Kier alpha value is -1.78. The van der Waals surface area contributed by atoms with E-state index < -0.39 is 0 Å². The van der Waals surface area contributed by atoms with Crippen LogP contribution in [0.4, 0.5) is 11.4 Å². The molecule has 0 saturated heterocycles. The van der Waals surface area contributed by atoms with Crippen molar-refractivity contribution in [2.75, 3.05) is 17.2 Å². The Bertz CT molecular complexity index is 705. The summed E-state index contributed by atoms with van der Waals surface area (Å²) in [6.45, 7) is 3.97. The zero-order valence-electron chi connectivity index (χ0n) is 12.7. The van der Waals surface area contributed by atoms with Gasteiger partial charge in [0.25, 0.3) is 5.91 Å². The van der Waals surface area contributed by atoms with Gasteiger partial charge in [0.15, 0.2) is 0 Å². The first kappa shape index (κ1) is 15.1. The minimum Gasteiger partial charge on any atom is -0.395 e. The molecule has 4 nitrogen and oxygen atoms in total. The fourth-order valence-electron chi connectivity index (χ4n) is 2.65. The van der Waals surface area contributed by atoms with Crippen LogP contribution >= 0.6 is 11.6 Å². The van der Waals surface area contributed by atoms with Crippen LogP contribution < -0.4 is 10.6 Å². The number of nitrogens with one attached hydrogen (secondary N) is 2. The van der Waals surface area contributed by atoms with Gasteiger partial charge >= 0.3 is 0 Å². The van der Waals surface area contributed by atoms with Crippen molar-refractivity contribution in [2.45, 2.75) is 32.1 Å². The maximum atomic E-state index is 12.4. The van der Waals surface area contributed by atoms with Crippen molar-refractivity contribution in [1.82, 2.24) is 0 Å². The van der Waals surface area contributed by atoms with E-state index >= 15 is 0 Å². The smallest absolute Gasteiger partial charge is 0.253 e. The average molecular weight is 319 g/mol. The van der Waals surface area contributed by atoms with Gasteiger partial charge in [0, 0.05) is 21.7 Å². The molecular weight excluding hydrogens is 300 g/mol. The van der Waals surface area contributed by atoms with Crippen LogP contribution in [0.3, 0.4) is 0 Å². The Kier molecular flexibility index (Phi) is 3.75. The molecule has 3 rings (SSSR count). The number of anilines is 2. The van der Waals surface area contributed by atoms with Crippen LogP contribution in [-0.4, -0.2) is 17.6 Å². The van der Waals surface area contributed by atoms with Crippen LogP contribution in [0, 0.1) is 0 Å². The number of hydrogen-bond donors (Lipinski definition) is 3. The standard InChI is InChI=1S/C17H19ClN2O2/c1-17(2,9-21)10-3-6-13-15(7-10)20-16(22)12-5-4-11(18)8-14(12)19-13/h3,6-8,19,21H,4-5,9H2,1-2H3,(H,20,22). The fraction of sp³-hybridized carbons (Fsp3) is 0.353. The Balaban J connectivity index is 2.02. The lowest BCUT2D eigenvalue weighted by molar-refractivity contribution is -0.113. The maximum Gasteiger partial charge on any atom is 0.253 e. The minimum absolute atomic E-state index is 0.0419. The van der Waals surface area contributed by atoms with Crippen molar-refractivity contribution in [1.29, 1.82) is 0 Å². The van der Waals surface area contributed by atoms with Gasteiger partial charge in [0.1, 0.15) is 0 Å². The first-order valence-electron chi connectivity index (χ1n) is 7.34. The topological polar surface area (TPSA) is 61.4 Å². The lowest BCUT2D eigenvalue weighted by Gasteiger charge is -2.23. The molecule has 1 aromatic rings. The second-order valence-electron chi connectivity index (χ2n) is 6.36. The summed E-state index contributed by atoms with van der Waals surface area (Å²) in [5.74, 6) is -0.0966. The van der Waals surface area contributed by atoms with Gasteiger partial charge < -0.3 is 15.7 Å². The Morgan fingerprint density at radius 3 is 2.73 bits per heavy atom. The van der Waals surface area contributed by atoms with Crippen LogP contribution in [0.15, 0.2) is 40.6 Å². The number of rotatable bonds is 2. The summed E-state index contributed by atoms with van der Waals surface area (Å²) >= 11 is 6.10. The van der Waals surface area contributed by atoms with Gasteiger partial charge in [-0.25, -0.2) is 0 Å². The number of aliphatic hydroxyl groups is 1. The highest BCUT2D eigenvalue weighted by molar-refractivity contribution is 6.30. The Labute approximate surface area is 134 Å². The molecule has 1 aliphatic heterocycles. The van der Waals surface area contributed by atoms with Crippen LogP contribution in [0.1, 0.15) is 32.3 Å². The largest absolute Gasteiger partial charge is 0.395 e. The van der Waals surface area contributed by atoms with Gasteiger partial charge in [-0.1, -0.05) is 31.5 Å². The third-order valence-corrected chi connectivity index (χ3v) is 4.53. The second-order valence-corrected chi connectivity index (χ2v) is 6.85. The lowest BCUT2D eigenvalue weighted by Crippen LogP contribution is -2.22. The summed E-state index contributed by atoms with van der Waals surface area (Å²) in [6, 6.07) is 5.81. The van der Waals surface area contributed by atoms with Crippen LogP contribution in [0.2, 0.25) is 0 Å². The predicted molar refractivity (Wildman–Crippen MR) is 89.0 cm³/mol. The first-order valence-corrected chi connectivity index (χ1v) is 7.71. The van der Waals surface area contributed by atoms with E-state index in [1.54, 1.807) is 0 Å². The van der Waals surface area contributed by atoms with Gasteiger partial charge in [0.2, 0.25) is 0 Å². The fourth-order valence-corrected chi connectivity index (χ4v) is 2.86. The minimum atomic E-state index is -0.359. The summed E-state index contributed by atoms with van der Waals surface area (Å²) < 4.78 is 0. The molecule has 0 bridgehead atoms. The molecule has 1 aromatic carbocycles. The molecule has 0 atom stereocenters. The van der Waals surface area contributed by atoms with Crippen LogP contribution in [-0.2, 0) is 10.2 Å². The van der Waals surface area contributed by atoms with E-state index in [9.17, 15) is 9.90 Å². The highest BCUT2D eigenvalue weighted by atomic mass is 35.5. The van der Waals surface area contributed by atoms with E-state index in [2.05, 4.69) is 10.6 Å². The number of allylic oxidation sites excluding steroid dienone is 2. The van der Waals surface area contributed by atoms with Crippen LogP contribution in [0.25, 0.3) is 0 Å². The summed E-state index contributed by atoms with van der Waals surface area (Å²) in [4.78, 5) is 12.4. The molecule has 3 N–H and O–H groups in total. The van der Waals surface area contributed by atoms with Gasteiger partial charge in [-0.2, -0.15) is 0 Å². The van der Waals surface area contributed by atoms with Gasteiger partial charge in [-0.3, -0.25) is 4.79 Å². The Morgan fingerprint density at radius 2 is 2.00 bits per heavy atom. The van der Waals surface area contributed by atoms with E-state index in [0.29, 0.717) is 12.8 Å². The number of amides is 1. The van der Waals surface area contributed by atoms with E-state index in [1.807, 2.05) is 38.1 Å². The van der Waals surface area contributed by atoms with E-state index in [4.69, 9.17) is 11.6 Å². The molecule has 1 amide bonds. The predicted octanol–water partition coefficient (Wildman–Crippen LogP) is 3.49. The molecule has 2 aliphatic rings. The second kappa shape index (κ2) is 5.45. The SMILES string of the molecule is CC(C)(CO)c1ccc2c(c1)NC(=O)C1=C(C=C(Cl)CC1)N2. The average Bonchev–Trinajstić information content (AvgIpc) is 2.61. The van der Waals surface area contributed by atoms with Gasteiger partial charge in [0.05, 0.1) is 18.0 Å². The molecule has 0 saturated carbocycles. The summed E-state index contributed by atoms with van der Waals surface area (Å²) in [5.41, 5.74) is 3.67. The number of halogens is 1.